The fourth-order valence-electron chi connectivity index (χ4n) is 8.43. The molecule has 8 aromatic carbocycles. The summed E-state index contributed by atoms with van der Waals surface area (Å²) in [4.78, 5) is 4.21. The average molecular weight is 780 g/mol. The largest absolute Gasteiger partial charge is 0.310 e. The van der Waals surface area contributed by atoms with E-state index in [1.54, 1.807) is 6.08 Å². The zero-order chi connectivity index (χ0) is 40.7. The van der Waals surface area contributed by atoms with Crippen molar-refractivity contribution in [2.45, 2.75) is 13.8 Å². The Kier molecular flexibility index (Phi) is 9.29. The van der Waals surface area contributed by atoms with Crippen molar-refractivity contribution < 1.29 is 8.78 Å². The smallest absolute Gasteiger partial charge is 0.167 e. The number of aryl methyl sites for hydroxylation is 2. The van der Waals surface area contributed by atoms with Gasteiger partial charge in [-0.05, 0) is 156 Å². The van der Waals surface area contributed by atoms with E-state index in [2.05, 4.69) is 192 Å². The van der Waals surface area contributed by atoms with Gasteiger partial charge < -0.3 is 14.4 Å². The van der Waals surface area contributed by atoms with E-state index in [9.17, 15) is 8.78 Å². The number of hydrogen-bond donors (Lipinski definition) is 0. The molecule has 0 spiro atoms. The minimum Gasteiger partial charge on any atom is -0.310 e. The number of hydrogen-bond acceptors (Lipinski definition) is 2. The van der Waals surface area contributed by atoms with Crippen LogP contribution in [0.25, 0.3) is 49.7 Å². The lowest BCUT2D eigenvalue weighted by Gasteiger charge is -2.27. The molecule has 3 nitrogen and oxygen atoms in total. The molecule has 1 heterocycles. The molecule has 0 aliphatic heterocycles. The van der Waals surface area contributed by atoms with Crippen LogP contribution in [0.3, 0.4) is 0 Å². The molecule has 0 unspecified atom stereocenters. The summed E-state index contributed by atoms with van der Waals surface area (Å²) in [5.74, 6) is -0.682. The van der Waals surface area contributed by atoms with E-state index in [0.717, 1.165) is 72.6 Å². The fourth-order valence-corrected chi connectivity index (χ4v) is 8.43. The second kappa shape index (κ2) is 15.2. The zero-order valence-electron chi connectivity index (χ0n) is 33.2. The lowest BCUT2D eigenvalue weighted by Crippen LogP contribution is -2.14. The molecule has 5 heteroatoms. The van der Waals surface area contributed by atoms with E-state index >= 15 is 0 Å². The van der Waals surface area contributed by atoms with Crippen molar-refractivity contribution in [1.82, 2.24) is 4.57 Å². The van der Waals surface area contributed by atoms with Crippen molar-refractivity contribution >= 4 is 50.2 Å². The first kappa shape index (κ1) is 36.6. The summed E-state index contributed by atoms with van der Waals surface area (Å²) in [6.45, 7) is 4.27. The van der Waals surface area contributed by atoms with E-state index in [4.69, 9.17) is 0 Å². The van der Waals surface area contributed by atoms with Gasteiger partial charge in [-0.1, -0.05) is 96.7 Å². The summed E-state index contributed by atoms with van der Waals surface area (Å²) in [5.41, 5.74) is 18.2. The second-order valence-electron chi connectivity index (χ2n) is 15.1. The number of benzene rings is 8. The summed E-state index contributed by atoms with van der Waals surface area (Å²) in [7, 11) is 0. The Bertz CT molecular complexity index is 3150. The molecule has 1 aliphatic carbocycles. The van der Waals surface area contributed by atoms with Crippen LogP contribution < -0.4 is 9.80 Å². The Morgan fingerprint density at radius 1 is 0.433 bits per heavy atom. The lowest BCUT2D eigenvalue weighted by atomic mass is 9.95. The van der Waals surface area contributed by atoms with Gasteiger partial charge in [-0.25, -0.2) is 4.39 Å². The van der Waals surface area contributed by atoms with Gasteiger partial charge in [-0.15, -0.1) is 0 Å². The van der Waals surface area contributed by atoms with Crippen LogP contribution in [-0.2, 0) is 0 Å². The molecule has 0 saturated carbocycles. The molecule has 0 amide bonds. The number of rotatable bonds is 9. The van der Waals surface area contributed by atoms with E-state index in [0.29, 0.717) is 5.70 Å². The first-order chi connectivity index (χ1) is 29.4. The first-order valence-corrected chi connectivity index (χ1v) is 20.1. The Hall–Kier alpha value is -7.72. The van der Waals surface area contributed by atoms with Crippen LogP contribution >= 0.6 is 0 Å². The number of allylic oxidation sites excluding steroid dienone is 2. The summed E-state index contributed by atoms with van der Waals surface area (Å²) >= 11 is 0. The number of aromatic nitrogens is 1. The number of halogens is 2. The second-order valence-corrected chi connectivity index (χ2v) is 15.1. The summed E-state index contributed by atoms with van der Waals surface area (Å²) in [6, 6.07) is 63.6. The third-order valence-electron chi connectivity index (χ3n) is 11.4. The minimum absolute atomic E-state index is 0.279. The van der Waals surface area contributed by atoms with Crippen LogP contribution in [0, 0.1) is 19.7 Å². The topological polar surface area (TPSA) is 11.4 Å². The van der Waals surface area contributed by atoms with Crippen molar-refractivity contribution in [2.75, 3.05) is 9.80 Å². The highest BCUT2D eigenvalue weighted by Gasteiger charge is 2.20. The SMILES string of the molecule is Cc1ccccc1-c1cc(N(c2ccc(F)cc2)c2ccc(-c3ccc(N(C4=C=C(F)C=C4)c4ccc5c(c4)c4ccccc4n5-c4ccccc4)cc3)cc2)ccc1C. The molecule has 0 atom stereocenters. The van der Waals surface area contributed by atoms with Crippen molar-refractivity contribution in [3.05, 3.63) is 234 Å². The molecular formula is C55H39F2N3. The lowest BCUT2D eigenvalue weighted by molar-refractivity contribution is 0.628. The molecule has 0 N–H and O–H groups in total. The summed E-state index contributed by atoms with van der Waals surface area (Å²) in [5, 5.41) is 2.24. The van der Waals surface area contributed by atoms with Gasteiger partial charge in [-0.2, -0.15) is 4.39 Å². The van der Waals surface area contributed by atoms with Gasteiger partial charge in [0.25, 0.3) is 0 Å². The Labute approximate surface area is 348 Å². The molecule has 0 saturated heterocycles. The molecule has 60 heavy (non-hydrogen) atoms. The normalized spacial score (nSPS) is 12.2. The molecule has 0 fully saturated rings. The van der Waals surface area contributed by atoms with E-state index in [1.807, 2.05) is 18.2 Å². The fraction of sp³-hybridized carbons (Fsp3) is 0.0364. The molecule has 9 aromatic rings. The van der Waals surface area contributed by atoms with E-state index < -0.39 is 5.83 Å². The van der Waals surface area contributed by atoms with Crippen LogP contribution in [0.1, 0.15) is 11.1 Å². The van der Waals surface area contributed by atoms with Gasteiger partial charge in [0.1, 0.15) is 5.82 Å². The molecule has 0 bridgehead atoms. The number of anilines is 5. The highest BCUT2D eigenvalue weighted by atomic mass is 19.1. The maximum Gasteiger partial charge on any atom is 0.167 e. The van der Waals surface area contributed by atoms with Crippen LogP contribution in [0.15, 0.2) is 217 Å². The zero-order valence-corrected chi connectivity index (χ0v) is 33.2. The predicted molar refractivity (Wildman–Crippen MR) is 245 cm³/mol. The van der Waals surface area contributed by atoms with Crippen LogP contribution in [-0.4, -0.2) is 4.57 Å². The predicted octanol–water partition coefficient (Wildman–Crippen LogP) is 15.4. The molecule has 10 rings (SSSR count). The third-order valence-corrected chi connectivity index (χ3v) is 11.4. The van der Waals surface area contributed by atoms with Gasteiger partial charge in [0, 0.05) is 44.9 Å². The quantitative estimate of drug-likeness (QED) is 0.135. The Morgan fingerprint density at radius 2 is 0.983 bits per heavy atom. The van der Waals surface area contributed by atoms with Crippen molar-refractivity contribution in [2.24, 2.45) is 0 Å². The van der Waals surface area contributed by atoms with E-state index in [1.165, 1.54) is 34.9 Å². The van der Waals surface area contributed by atoms with Gasteiger partial charge in [0.05, 0.1) is 16.7 Å². The Morgan fingerprint density at radius 3 is 1.67 bits per heavy atom. The number of fused-ring (bicyclic) bond motifs is 3. The van der Waals surface area contributed by atoms with Crippen molar-refractivity contribution in [3.63, 3.8) is 0 Å². The molecular weight excluding hydrogens is 741 g/mol. The highest BCUT2D eigenvalue weighted by molar-refractivity contribution is 6.10. The number of nitrogens with zero attached hydrogens (tertiary/aromatic N) is 3. The maximum atomic E-state index is 14.6. The van der Waals surface area contributed by atoms with Gasteiger partial charge in [0.2, 0.25) is 0 Å². The maximum absolute atomic E-state index is 14.6. The minimum atomic E-state index is -0.403. The van der Waals surface area contributed by atoms with Crippen molar-refractivity contribution in [3.8, 4) is 27.9 Å². The van der Waals surface area contributed by atoms with Gasteiger partial charge in [0.15, 0.2) is 5.83 Å². The molecule has 1 aromatic heterocycles. The highest BCUT2D eigenvalue weighted by Crippen LogP contribution is 2.41. The standard InChI is InChI=1S/C55H39F2N3/c1-37-10-6-7-13-50(37)52-35-48(24-16-38(52)2)58(46-29-21-41(56)22-30-46)44-25-17-39(18-26-44)40-19-27-45(28-20-40)59(47-31-23-42(57)34-47)49-32-33-55-53(36-49)51-14-8-9-15-54(51)60(55)43-11-4-3-5-12-43/h3-33,35-36H,1-2H3. The molecule has 0 radical (unpaired) electrons. The van der Waals surface area contributed by atoms with Crippen LogP contribution in [0.5, 0.6) is 0 Å². The first-order valence-electron chi connectivity index (χ1n) is 20.1. The molecule has 288 valence electrons. The third kappa shape index (κ3) is 6.67. The van der Waals surface area contributed by atoms with Crippen LogP contribution in [0.2, 0.25) is 0 Å². The van der Waals surface area contributed by atoms with Gasteiger partial charge >= 0.3 is 0 Å². The van der Waals surface area contributed by atoms with Crippen molar-refractivity contribution in [1.29, 1.82) is 0 Å². The Balaban J connectivity index is 1.01. The average Bonchev–Trinajstić information content (AvgIpc) is 3.86. The van der Waals surface area contributed by atoms with Crippen LogP contribution in [0.4, 0.5) is 37.2 Å². The summed E-state index contributed by atoms with van der Waals surface area (Å²) in [6.07, 6.45) is 3.22. The monoisotopic (exact) mass is 779 g/mol. The number of para-hydroxylation sites is 2. The van der Waals surface area contributed by atoms with E-state index in [-0.39, 0.29) is 5.82 Å². The molecule has 1 aliphatic rings. The summed E-state index contributed by atoms with van der Waals surface area (Å²) < 4.78 is 31.1. The van der Waals surface area contributed by atoms with Gasteiger partial charge in [-0.3, -0.25) is 0 Å².